The van der Waals surface area contributed by atoms with E-state index in [2.05, 4.69) is 50.9 Å². The van der Waals surface area contributed by atoms with Gasteiger partial charge in [0.2, 0.25) is 0 Å². The molecule has 7 nitrogen and oxygen atoms in total. The van der Waals surface area contributed by atoms with Crippen molar-refractivity contribution in [2.24, 2.45) is 11.8 Å². The number of fused-ring (bicyclic) bond motifs is 5. The summed E-state index contributed by atoms with van der Waals surface area (Å²) in [7, 11) is 0. The second kappa shape index (κ2) is 4.77. The highest BCUT2D eigenvalue weighted by atomic mass is 15.9. The molecule has 0 spiro atoms. The van der Waals surface area contributed by atoms with Gasteiger partial charge in [-0.05, 0) is 25.3 Å². The van der Waals surface area contributed by atoms with Crippen LogP contribution in [0.25, 0.3) is 0 Å². The van der Waals surface area contributed by atoms with E-state index in [4.69, 9.17) is 0 Å². The fourth-order valence-corrected chi connectivity index (χ4v) is 3.90. The topological polar surface area (TPSA) is 66.6 Å². The minimum atomic E-state index is 0.365. The molecule has 0 saturated carbocycles. The van der Waals surface area contributed by atoms with Crippen molar-refractivity contribution < 1.29 is 0 Å². The molecule has 3 fully saturated rings. The lowest BCUT2D eigenvalue weighted by molar-refractivity contribution is 0.0557. The fraction of sp³-hybridized carbons (Fsp3) is 0.846. The zero-order chi connectivity index (χ0) is 13.7. The Balaban J connectivity index is 1.70. The molecule has 4 rings (SSSR count). The SMILES string of the molecule is CC(C)CN1NNN2C1=C1NCNC1C1CCCNC12. The molecule has 7 heteroatoms. The van der Waals surface area contributed by atoms with Crippen LogP contribution in [0.5, 0.6) is 0 Å². The molecular weight excluding hydrogens is 254 g/mol. The molecule has 3 atom stereocenters. The molecule has 0 aromatic heterocycles. The van der Waals surface area contributed by atoms with E-state index < -0.39 is 0 Å². The summed E-state index contributed by atoms with van der Waals surface area (Å²) in [5, 5.41) is 15.4. The van der Waals surface area contributed by atoms with Gasteiger partial charge in [0.25, 0.3) is 0 Å². The molecule has 4 aliphatic rings. The monoisotopic (exact) mass is 279 g/mol. The van der Waals surface area contributed by atoms with Gasteiger partial charge in [-0.3, -0.25) is 20.7 Å². The molecule has 0 radical (unpaired) electrons. The first kappa shape index (κ1) is 12.7. The van der Waals surface area contributed by atoms with E-state index in [0.717, 1.165) is 19.8 Å². The molecule has 0 aliphatic carbocycles. The summed E-state index contributed by atoms with van der Waals surface area (Å²) in [6.07, 6.45) is 2.90. The number of rotatable bonds is 2. The third kappa shape index (κ3) is 1.81. The zero-order valence-electron chi connectivity index (χ0n) is 12.2. The van der Waals surface area contributed by atoms with Crippen LogP contribution in [0.1, 0.15) is 26.7 Å². The molecular formula is C13H25N7. The van der Waals surface area contributed by atoms with Gasteiger partial charge in [0.05, 0.1) is 18.4 Å². The smallest absolute Gasteiger partial charge is 0.158 e. The van der Waals surface area contributed by atoms with E-state index in [1.165, 1.54) is 24.4 Å². The van der Waals surface area contributed by atoms with Crippen LogP contribution in [0.3, 0.4) is 0 Å². The van der Waals surface area contributed by atoms with Crippen LogP contribution < -0.4 is 27.0 Å². The predicted octanol–water partition coefficient (Wildman–Crippen LogP) is -0.788. The van der Waals surface area contributed by atoms with Gasteiger partial charge in [-0.25, -0.2) is 0 Å². The van der Waals surface area contributed by atoms with Gasteiger partial charge in [-0.1, -0.05) is 13.8 Å². The van der Waals surface area contributed by atoms with Gasteiger partial charge in [0, 0.05) is 12.5 Å². The summed E-state index contributed by atoms with van der Waals surface area (Å²) < 4.78 is 0. The molecule has 0 aromatic rings. The third-order valence-corrected chi connectivity index (χ3v) is 4.67. The molecule has 0 bridgehead atoms. The third-order valence-electron chi connectivity index (χ3n) is 4.67. The molecule has 3 saturated heterocycles. The minimum absolute atomic E-state index is 0.365. The van der Waals surface area contributed by atoms with Gasteiger partial charge in [0.15, 0.2) is 5.82 Å². The van der Waals surface area contributed by atoms with Crippen molar-refractivity contribution in [2.45, 2.75) is 38.9 Å². The first-order chi connectivity index (χ1) is 9.75. The second-order valence-corrected chi connectivity index (χ2v) is 6.58. The fourth-order valence-electron chi connectivity index (χ4n) is 3.90. The maximum Gasteiger partial charge on any atom is 0.158 e. The Morgan fingerprint density at radius 3 is 3.00 bits per heavy atom. The average Bonchev–Trinajstić information content (AvgIpc) is 3.05. The van der Waals surface area contributed by atoms with E-state index in [0.29, 0.717) is 24.0 Å². The molecule has 3 unspecified atom stereocenters. The summed E-state index contributed by atoms with van der Waals surface area (Å²) in [6.45, 7) is 7.46. The molecule has 4 aliphatic heterocycles. The summed E-state index contributed by atoms with van der Waals surface area (Å²) in [6, 6.07) is 0.454. The minimum Gasteiger partial charge on any atom is -0.371 e. The lowest BCUT2D eigenvalue weighted by Crippen LogP contribution is -2.62. The van der Waals surface area contributed by atoms with E-state index in [-0.39, 0.29) is 0 Å². The van der Waals surface area contributed by atoms with Gasteiger partial charge in [0.1, 0.15) is 6.17 Å². The van der Waals surface area contributed by atoms with Gasteiger partial charge < -0.3 is 5.32 Å². The quantitative estimate of drug-likeness (QED) is 0.454. The Labute approximate surface area is 120 Å². The average molecular weight is 279 g/mol. The Bertz CT molecular complexity index is 421. The molecule has 5 N–H and O–H groups in total. The number of piperidine rings is 1. The Morgan fingerprint density at radius 1 is 1.25 bits per heavy atom. The standard InChI is InChI=1S/C13H25N7/c1-8(2)6-19-13-11-10(15-7-16-11)9-4-3-5-14-12(9)20(13)18-17-19/h8-10,12,14-18H,3-7H2,1-2H3. The van der Waals surface area contributed by atoms with Crippen LogP contribution in [0.4, 0.5) is 0 Å². The first-order valence-electron chi connectivity index (χ1n) is 7.78. The van der Waals surface area contributed by atoms with Crippen LogP contribution in [-0.2, 0) is 0 Å². The largest absolute Gasteiger partial charge is 0.371 e. The van der Waals surface area contributed by atoms with Crippen LogP contribution in [-0.4, -0.2) is 42.0 Å². The van der Waals surface area contributed by atoms with Gasteiger partial charge in [-0.2, -0.15) is 0 Å². The number of hydrogen-bond acceptors (Lipinski definition) is 7. The molecule has 4 heterocycles. The predicted molar refractivity (Wildman–Crippen MR) is 76.1 cm³/mol. The van der Waals surface area contributed by atoms with Gasteiger partial charge >= 0.3 is 0 Å². The second-order valence-electron chi connectivity index (χ2n) is 6.58. The summed E-state index contributed by atoms with van der Waals surface area (Å²) in [4.78, 5) is 0. The van der Waals surface area contributed by atoms with Crippen LogP contribution in [0.2, 0.25) is 0 Å². The zero-order valence-corrected chi connectivity index (χ0v) is 12.2. The van der Waals surface area contributed by atoms with Crippen molar-refractivity contribution in [3.8, 4) is 0 Å². The number of hydrazine groups is 3. The molecule has 20 heavy (non-hydrogen) atoms. The summed E-state index contributed by atoms with van der Waals surface area (Å²) in [5.74, 6) is 2.48. The first-order valence-corrected chi connectivity index (χ1v) is 7.78. The normalized spacial score (nSPS) is 36.0. The number of hydrogen-bond donors (Lipinski definition) is 5. The van der Waals surface area contributed by atoms with E-state index in [1.54, 1.807) is 0 Å². The molecule has 112 valence electrons. The van der Waals surface area contributed by atoms with Crippen molar-refractivity contribution in [1.29, 1.82) is 0 Å². The van der Waals surface area contributed by atoms with Crippen LogP contribution >= 0.6 is 0 Å². The Kier molecular flexibility index (Phi) is 3.03. The lowest BCUT2D eigenvalue weighted by atomic mass is 9.84. The van der Waals surface area contributed by atoms with E-state index >= 15 is 0 Å². The van der Waals surface area contributed by atoms with Crippen molar-refractivity contribution >= 4 is 0 Å². The number of nitrogens with zero attached hydrogens (tertiary/aromatic N) is 2. The molecule has 0 amide bonds. The van der Waals surface area contributed by atoms with Crippen molar-refractivity contribution in [1.82, 2.24) is 37.0 Å². The summed E-state index contributed by atoms with van der Waals surface area (Å²) in [5.41, 5.74) is 8.01. The maximum absolute atomic E-state index is 3.67. The van der Waals surface area contributed by atoms with Crippen LogP contribution in [0, 0.1) is 11.8 Å². The summed E-state index contributed by atoms with van der Waals surface area (Å²) >= 11 is 0. The Morgan fingerprint density at radius 2 is 2.15 bits per heavy atom. The highest BCUT2D eigenvalue weighted by Gasteiger charge is 2.49. The van der Waals surface area contributed by atoms with E-state index in [1.807, 2.05) is 0 Å². The molecule has 0 aromatic carbocycles. The van der Waals surface area contributed by atoms with Crippen molar-refractivity contribution in [2.75, 3.05) is 19.8 Å². The highest BCUT2D eigenvalue weighted by Crippen LogP contribution is 2.37. The van der Waals surface area contributed by atoms with Crippen LogP contribution in [0.15, 0.2) is 11.5 Å². The lowest BCUT2D eigenvalue weighted by Gasteiger charge is -2.45. The van der Waals surface area contributed by atoms with E-state index in [9.17, 15) is 0 Å². The van der Waals surface area contributed by atoms with Crippen molar-refractivity contribution in [3.05, 3.63) is 11.5 Å². The highest BCUT2D eigenvalue weighted by molar-refractivity contribution is 5.27. The number of nitrogens with one attached hydrogen (secondary N) is 5. The van der Waals surface area contributed by atoms with Gasteiger partial charge in [-0.15, -0.1) is 11.1 Å². The Hall–Kier alpha value is -1.02. The maximum atomic E-state index is 3.67. The van der Waals surface area contributed by atoms with Crippen molar-refractivity contribution in [3.63, 3.8) is 0 Å².